The van der Waals surface area contributed by atoms with Crippen LogP contribution in [-0.4, -0.2) is 40.7 Å². The van der Waals surface area contributed by atoms with Crippen molar-refractivity contribution < 1.29 is 15.3 Å². The fourth-order valence-electron chi connectivity index (χ4n) is 2.64. The van der Waals surface area contributed by atoms with Crippen molar-refractivity contribution in [2.45, 2.75) is 63.8 Å². The number of unbranched alkanes of at least 4 members (excludes halogenated alkanes) is 3. The normalized spacial score (nSPS) is 13.8. The molecule has 0 fully saturated rings. The third kappa shape index (κ3) is 6.69. The number of hydrogen-bond donors (Lipinski definition) is 4. The molecule has 0 rings (SSSR count). The number of aliphatic hydroxyl groups excluding tert-OH is 3. The molecule has 0 aromatic carbocycles. The molecular formula is C14H31NO3. The van der Waals surface area contributed by atoms with Crippen LogP contribution in [-0.2, 0) is 0 Å². The van der Waals surface area contributed by atoms with Crippen LogP contribution < -0.4 is 5.73 Å². The third-order valence-electron chi connectivity index (χ3n) is 3.85. The first-order chi connectivity index (χ1) is 8.64. The molecule has 0 aliphatic carbocycles. The average molecular weight is 261 g/mol. The van der Waals surface area contributed by atoms with Crippen LogP contribution in [0.1, 0.15) is 58.3 Å². The molecule has 0 radical (unpaired) electrons. The van der Waals surface area contributed by atoms with Gasteiger partial charge >= 0.3 is 0 Å². The van der Waals surface area contributed by atoms with Gasteiger partial charge in [-0.1, -0.05) is 32.6 Å². The second-order valence-corrected chi connectivity index (χ2v) is 5.24. The third-order valence-corrected chi connectivity index (χ3v) is 3.85. The Morgan fingerprint density at radius 1 is 0.889 bits per heavy atom. The second kappa shape index (κ2) is 10.7. The van der Waals surface area contributed by atoms with E-state index in [-0.39, 0.29) is 25.7 Å². The van der Waals surface area contributed by atoms with E-state index in [1.54, 1.807) is 0 Å². The van der Waals surface area contributed by atoms with Gasteiger partial charge in [0.1, 0.15) is 0 Å². The van der Waals surface area contributed by atoms with Crippen LogP contribution in [0.25, 0.3) is 0 Å². The van der Waals surface area contributed by atoms with E-state index in [1.165, 1.54) is 19.3 Å². The molecule has 0 spiro atoms. The van der Waals surface area contributed by atoms with Crippen molar-refractivity contribution in [3.63, 3.8) is 0 Å². The monoisotopic (exact) mass is 261 g/mol. The highest BCUT2D eigenvalue weighted by atomic mass is 16.3. The highest BCUT2D eigenvalue weighted by Gasteiger charge is 2.32. The van der Waals surface area contributed by atoms with Gasteiger partial charge in [-0.25, -0.2) is 0 Å². The van der Waals surface area contributed by atoms with Gasteiger partial charge in [-0.05, 0) is 31.6 Å². The Morgan fingerprint density at radius 2 is 1.50 bits per heavy atom. The van der Waals surface area contributed by atoms with Gasteiger partial charge in [0, 0.05) is 25.4 Å². The van der Waals surface area contributed by atoms with Crippen molar-refractivity contribution in [1.82, 2.24) is 0 Å². The van der Waals surface area contributed by atoms with Crippen molar-refractivity contribution in [3.8, 4) is 0 Å². The van der Waals surface area contributed by atoms with Gasteiger partial charge in [-0.3, -0.25) is 0 Å². The predicted octanol–water partition coefficient (Wildman–Crippen LogP) is 1.42. The first-order valence-electron chi connectivity index (χ1n) is 7.26. The zero-order valence-corrected chi connectivity index (χ0v) is 11.8. The fourth-order valence-corrected chi connectivity index (χ4v) is 2.64. The molecule has 0 saturated heterocycles. The molecule has 4 heteroatoms. The molecule has 0 aromatic rings. The summed E-state index contributed by atoms with van der Waals surface area (Å²) in [4.78, 5) is 0. The molecule has 18 heavy (non-hydrogen) atoms. The van der Waals surface area contributed by atoms with Crippen molar-refractivity contribution >= 4 is 0 Å². The van der Waals surface area contributed by atoms with E-state index in [0.29, 0.717) is 19.3 Å². The lowest BCUT2D eigenvalue weighted by molar-refractivity contribution is 0.117. The van der Waals surface area contributed by atoms with E-state index in [9.17, 15) is 0 Å². The van der Waals surface area contributed by atoms with E-state index in [1.807, 2.05) is 0 Å². The Morgan fingerprint density at radius 3 is 1.94 bits per heavy atom. The lowest BCUT2D eigenvalue weighted by atomic mass is 9.75. The first-order valence-corrected chi connectivity index (χ1v) is 7.26. The molecule has 0 saturated carbocycles. The summed E-state index contributed by atoms with van der Waals surface area (Å²) in [5.41, 5.74) is 5.79. The predicted molar refractivity (Wildman–Crippen MR) is 74.3 cm³/mol. The molecule has 4 nitrogen and oxygen atoms in total. The van der Waals surface area contributed by atoms with Gasteiger partial charge in [-0.15, -0.1) is 0 Å². The minimum Gasteiger partial charge on any atom is -0.396 e. The average Bonchev–Trinajstić information content (AvgIpc) is 2.33. The molecule has 0 heterocycles. The molecule has 5 N–H and O–H groups in total. The zero-order valence-electron chi connectivity index (χ0n) is 11.8. The van der Waals surface area contributed by atoms with Crippen molar-refractivity contribution in [2.75, 3.05) is 19.8 Å². The summed E-state index contributed by atoms with van der Waals surface area (Å²) in [5, 5.41) is 27.4. The maximum absolute atomic E-state index is 9.16. The molecule has 1 atom stereocenters. The lowest BCUT2D eigenvalue weighted by Crippen LogP contribution is -2.49. The summed E-state index contributed by atoms with van der Waals surface area (Å²) < 4.78 is 0. The zero-order chi connectivity index (χ0) is 13.9. The Labute approximate surface area is 111 Å². The summed E-state index contributed by atoms with van der Waals surface area (Å²) >= 11 is 0. The number of hydrogen-bond acceptors (Lipinski definition) is 4. The van der Waals surface area contributed by atoms with Crippen LogP contribution in [0.3, 0.4) is 0 Å². The van der Waals surface area contributed by atoms with E-state index in [2.05, 4.69) is 6.92 Å². The van der Waals surface area contributed by atoms with Gasteiger partial charge in [-0.2, -0.15) is 0 Å². The topological polar surface area (TPSA) is 86.7 Å². The summed E-state index contributed by atoms with van der Waals surface area (Å²) in [5.74, 6) is 0.179. The van der Waals surface area contributed by atoms with Gasteiger partial charge < -0.3 is 21.1 Å². The quantitative estimate of drug-likeness (QED) is 0.400. The standard InChI is InChI=1S/C14H31NO3/c1-2-3-4-5-6-13(7-10-16)14(15,8-11-17)9-12-18/h13,16-18H,2-12,15H2,1H3. The van der Waals surface area contributed by atoms with E-state index in [4.69, 9.17) is 21.1 Å². The maximum atomic E-state index is 9.16. The van der Waals surface area contributed by atoms with Gasteiger partial charge in [0.2, 0.25) is 0 Å². The lowest BCUT2D eigenvalue weighted by Gasteiger charge is -2.37. The summed E-state index contributed by atoms with van der Waals surface area (Å²) in [6, 6.07) is 0. The highest BCUT2D eigenvalue weighted by molar-refractivity contribution is 4.91. The Hall–Kier alpha value is -0.160. The van der Waals surface area contributed by atoms with E-state index >= 15 is 0 Å². The molecule has 0 aliphatic heterocycles. The molecule has 0 aliphatic rings. The fraction of sp³-hybridized carbons (Fsp3) is 1.00. The second-order valence-electron chi connectivity index (χ2n) is 5.24. The molecule has 1 unspecified atom stereocenters. The Balaban J connectivity index is 4.38. The van der Waals surface area contributed by atoms with Crippen molar-refractivity contribution in [3.05, 3.63) is 0 Å². The maximum Gasteiger partial charge on any atom is 0.0448 e. The summed E-state index contributed by atoms with van der Waals surface area (Å²) in [6.45, 7) is 2.37. The molecule has 0 aromatic heterocycles. The van der Waals surface area contributed by atoms with Crippen LogP contribution in [0.4, 0.5) is 0 Å². The molecule has 110 valence electrons. The highest BCUT2D eigenvalue weighted by Crippen LogP contribution is 2.30. The van der Waals surface area contributed by atoms with Crippen molar-refractivity contribution in [2.24, 2.45) is 11.7 Å². The van der Waals surface area contributed by atoms with Crippen LogP contribution in [0, 0.1) is 5.92 Å². The van der Waals surface area contributed by atoms with Gasteiger partial charge in [0.15, 0.2) is 0 Å². The smallest absolute Gasteiger partial charge is 0.0448 e. The largest absolute Gasteiger partial charge is 0.396 e. The Bertz CT molecular complexity index is 182. The van der Waals surface area contributed by atoms with Gasteiger partial charge in [0.05, 0.1) is 0 Å². The number of aliphatic hydroxyl groups is 3. The van der Waals surface area contributed by atoms with E-state index in [0.717, 1.165) is 12.8 Å². The summed E-state index contributed by atoms with van der Waals surface area (Å²) in [7, 11) is 0. The van der Waals surface area contributed by atoms with Crippen LogP contribution >= 0.6 is 0 Å². The van der Waals surface area contributed by atoms with E-state index < -0.39 is 5.54 Å². The minimum atomic E-state index is -0.543. The Kier molecular flexibility index (Phi) is 10.6. The molecule has 0 amide bonds. The van der Waals surface area contributed by atoms with Crippen LogP contribution in [0.15, 0.2) is 0 Å². The van der Waals surface area contributed by atoms with Crippen molar-refractivity contribution in [1.29, 1.82) is 0 Å². The molecule has 0 bridgehead atoms. The minimum absolute atomic E-state index is 0.0351. The number of nitrogens with two attached hydrogens (primary N) is 1. The molecular weight excluding hydrogens is 230 g/mol. The summed E-state index contributed by atoms with van der Waals surface area (Å²) in [6.07, 6.45) is 7.33. The van der Waals surface area contributed by atoms with Gasteiger partial charge in [0.25, 0.3) is 0 Å². The SMILES string of the molecule is CCCCCCC(CCO)C(N)(CCO)CCO. The first kappa shape index (κ1) is 17.8. The van der Waals surface area contributed by atoms with Crippen LogP contribution in [0.5, 0.6) is 0 Å². The number of rotatable bonds is 12. The van der Waals surface area contributed by atoms with Crippen LogP contribution in [0.2, 0.25) is 0 Å².